The first-order chi connectivity index (χ1) is 11.2. The second-order valence-corrected chi connectivity index (χ2v) is 6.87. The summed E-state index contributed by atoms with van der Waals surface area (Å²) in [5, 5.41) is 0. The lowest BCUT2D eigenvalue weighted by atomic mass is 9.80. The average Bonchev–Trinajstić information content (AvgIpc) is 3.08. The van der Waals surface area contributed by atoms with Crippen molar-refractivity contribution >= 4 is 18.4 Å². The van der Waals surface area contributed by atoms with Gasteiger partial charge in [-0.15, -0.1) is 0 Å². The molecule has 0 amide bonds. The van der Waals surface area contributed by atoms with E-state index in [2.05, 4.69) is 9.97 Å². The van der Waals surface area contributed by atoms with Gasteiger partial charge in [0.05, 0.1) is 17.4 Å². The highest BCUT2D eigenvalue weighted by molar-refractivity contribution is 6.62. The first kappa shape index (κ1) is 16.8. The molecule has 1 aliphatic heterocycles. The van der Waals surface area contributed by atoms with Crippen LogP contribution in [-0.4, -0.2) is 28.3 Å². The first-order valence-electron chi connectivity index (χ1n) is 7.87. The van der Waals surface area contributed by atoms with Gasteiger partial charge in [-0.25, -0.2) is 9.97 Å². The number of aromatic nitrogens is 2. The number of pyridine rings is 1. The molecule has 1 atom stereocenters. The van der Waals surface area contributed by atoms with Gasteiger partial charge in [-0.3, -0.25) is 0 Å². The summed E-state index contributed by atoms with van der Waals surface area (Å²) in [6.45, 7) is 9.83. The van der Waals surface area contributed by atoms with Gasteiger partial charge in [0, 0.05) is 11.7 Å². The van der Waals surface area contributed by atoms with E-state index in [-0.39, 0.29) is 5.82 Å². The van der Waals surface area contributed by atoms with Gasteiger partial charge in [0.1, 0.15) is 6.26 Å². The summed E-state index contributed by atoms with van der Waals surface area (Å²) < 4.78 is 23.1. The predicted molar refractivity (Wildman–Crippen MR) is 89.9 cm³/mol. The van der Waals surface area contributed by atoms with Crippen molar-refractivity contribution in [3.8, 4) is 5.75 Å². The van der Waals surface area contributed by atoms with Crippen molar-refractivity contribution in [3.63, 3.8) is 0 Å². The maximum atomic E-state index is 6.03. The minimum absolute atomic E-state index is 0.286. The molecule has 24 heavy (non-hydrogen) atoms. The molecule has 0 spiro atoms. The van der Waals surface area contributed by atoms with Crippen LogP contribution in [0.25, 0.3) is 0 Å². The predicted octanol–water partition coefficient (Wildman–Crippen LogP) is 2.09. The lowest BCUT2D eigenvalue weighted by Gasteiger charge is -2.32. The smallest absolute Gasteiger partial charge is 0.477 e. The molecule has 0 aromatic carbocycles. The number of rotatable bonds is 4. The summed E-state index contributed by atoms with van der Waals surface area (Å²) in [7, 11) is -0.525. The van der Waals surface area contributed by atoms with Crippen LogP contribution in [0.15, 0.2) is 29.1 Å². The zero-order valence-corrected chi connectivity index (χ0v) is 14.6. The summed E-state index contributed by atoms with van der Waals surface area (Å²) in [6, 6.07) is 1.78. The fourth-order valence-corrected chi connectivity index (χ4v) is 2.35. The molecule has 0 radical (unpaired) electrons. The molecule has 2 N–H and O–H groups in total. The van der Waals surface area contributed by atoms with Crippen LogP contribution in [0.2, 0.25) is 0 Å². The Bertz CT molecular complexity index is 702. The maximum absolute atomic E-state index is 6.03. The van der Waals surface area contributed by atoms with Gasteiger partial charge in [-0.1, -0.05) is 0 Å². The average molecular weight is 331 g/mol. The fraction of sp³-hybridized carbons (Fsp3) is 0.500. The molecule has 128 valence electrons. The van der Waals surface area contributed by atoms with E-state index in [0.29, 0.717) is 11.6 Å². The van der Waals surface area contributed by atoms with Crippen LogP contribution in [0.3, 0.4) is 0 Å². The standard InChI is InChI=1S/C16H22BN3O4/c1-10(14-19-6-7-21-14)22-12-8-11(9-20-13(12)18)17-23-15(2,3)16(4,5)24-17/h6-10H,1-5H3,(H2,18,20)/t10-/m1/s1. The lowest BCUT2D eigenvalue weighted by Crippen LogP contribution is -2.41. The van der Waals surface area contributed by atoms with E-state index in [9.17, 15) is 0 Å². The molecule has 0 saturated carbocycles. The summed E-state index contributed by atoms with van der Waals surface area (Å²) in [4.78, 5) is 8.27. The summed E-state index contributed by atoms with van der Waals surface area (Å²) in [5.74, 6) is 1.19. The minimum atomic E-state index is -0.525. The Balaban J connectivity index is 1.82. The van der Waals surface area contributed by atoms with Crippen LogP contribution in [0.1, 0.15) is 46.6 Å². The first-order valence-corrected chi connectivity index (χ1v) is 7.87. The summed E-state index contributed by atoms with van der Waals surface area (Å²) >= 11 is 0. The third-order valence-electron chi connectivity index (χ3n) is 4.53. The molecular weight excluding hydrogens is 309 g/mol. The van der Waals surface area contributed by atoms with E-state index in [1.165, 1.54) is 6.26 Å². The van der Waals surface area contributed by atoms with Gasteiger partial charge >= 0.3 is 7.12 Å². The topological polar surface area (TPSA) is 92.6 Å². The number of nitrogen functional groups attached to an aromatic ring is 1. The highest BCUT2D eigenvalue weighted by Gasteiger charge is 2.52. The van der Waals surface area contributed by atoms with Gasteiger partial charge < -0.3 is 24.2 Å². The van der Waals surface area contributed by atoms with Gasteiger partial charge in [-0.05, 0) is 40.7 Å². The molecule has 1 aliphatic rings. The molecule has 0 aliphatic carbocycles. The van der Waals surface area contributed by atoms with Crippen LogP contribution < -0.4 is 15.9 Å². The van der Waals surface area contributed by atoms with Gasteiger partial charge in [0.25, 0.3) is 0 Å². The van der Waals surface area contributed by atoms with Crippen molar-refractivity contribution in [2.24, 2.45) is 0 Å². The third-order valence-corrected chi connectivity index (χ3v) is 4.53. The van der Waals surface area contributed by atoms with E-state index < -0.39 is 24.4 Å². The number of ether oxygens (including phenoxy) is 1. The minimum Gasteiger partial charge on any atom is -0.477 e. The lowest BCUT2D eigenvalue weighted by molar-refractivity contribution is 0.00578. The van der Waals surface area contributed by atoms with Crippen molar-refractivity contribution < 1.29 is 18.5 Å². The van der Waals surface area contributed by atoms with Crippen molar-refractivity contribution in [2.75, 3.05) is 5.73 Å². The Morgan fingerprint density at radius 1 is 1.17 bits per heavy atom. The zero-order valence-electron chi connectivity index (χ0n) is 14.6. The summed E-state index contributed by atoms with van der Waals surface area (Å²) in [6.07, 6.45) is 4.31. The highest BCUT2D eigenvalue weighted by atomic mass is 16.7. The normalized spacial score (nSPS) is 20.1. The van der Waals surface area contributed by atoms with Crippen molar-refractivity contribution in [2.45, 2.75) is 51.9 Å². The number of hydrogen-bond acceptors (Lipinski definition) is 7. The molecule has 7 nitrogen and oxygen atoms in total. The van der Waals surface area contributed by atoms with Crippen molar-refractivity contribution in [3.05, 3.63) is 30.6 Å². The molecule has 3 heterocycles. The Morgan fingerprint density at radius 2 is 1.83 bits per heavy atom. The number of hydrogen-bond donors (Lipinski definition) is 1. The van der Waals surface area contributed by atoms with E-state index in [1.54, 1.807) is 18.5 Å². The summed E-state index contributed by atoms with van der Waals surface area (Å²) in [5.41, 5.74) is 5.82. The Labute approximate surface area is 141 Å². The quantitative estimate of drug-likeness (QED) is 0.858. The molecule has 2 aromatic heterocycles. The van der Waals surface area contributed by atoms with Gasteiger partial charge in [-0.2, -0.15) is 0 Å². The number of nitrogens with two attached hydrogens (primary N) is 1. The Kier molecular flexibility index (Phi) is 4.05. The van der Waals surface area contributed by atoms with Crippen LogP contribution in [0.4, 0.5) is 5.82 Å². The zero-order chi connectivity index (χ0) is 17.5. The van der Waals surface area contributed by atoms with Crippen LogP contribution in [0, 0.1) is 0 Å². The third kappa shape index (κ3) is 2.99. The molecule has 3 rings (SSSR count). The van der Waals surface area contributed by atoms with E-state index in [1.807, 2.05) is 34.6 Å². The second kappa shape index (κ2) is 5.79. The molecule has 0 unspecified atom stereocenters. The largest absolute Gasteiger partial charge is 0.496 e. The molecule has 8 heteroatoms. The number of oxazole rings is 1. The monoisotopic (exact) mass is 331 g/mol. The van der Waals surface area contributed by atoms with Gasteiger partial charge in [0.2, 0.25) is 5.89 Å². The molecule has 1 saturated heterocycles. The van der Waals surface area contributed by atoms with E-state index in [4.69, 9.17) is 24.2 Å². The highest BCUT2D eigenvalue weighted by Crippen LogP contribution is 2.36. The van der Waals surface area contributed by atoms with Crippen LogP contribution in [0.5, 0.6) is 5.75 Å². The number of nitrogens with zero attached hydrogens (tertiary/aromatic N) is 2. The van der Waals surface area contributed by atoms with Crippen molar-refractivity contribution in [1.82, 2.24) is 9.97 Å². The molecule has 2 aromatic rings. The Hall–Kier alpha value is -2.06. The van der Waals surface area contributed by atoms with Crippen LogP contribution in [-0.2, 0) is 9.31 Å². The molecule has 1 fully saturated rings. The second-order valence-electron chi connectivity index (χ2n) is 6.87. The maximum Gasteiger partial charge on any atom is 0.496 e. The fourth-order valence-electron chi connectivity index (χ4n) is 2.35. The molecule has 0 bridgehead atoms. The van der Waals surface area contributed by atoms with Crippen molar-refractivity contribution in [1.29, 1.82) is 0 Å². The van der Waals surface area contributed by atoms with Gasteiger partial charge in [0.15, 0.2) is 17.7 Å². The van der Waals surface area contributed by atoms with Crippen LogP contribution >= 0.6 is 0 Å². The Morgan fingerprint density at radius 3 is 2.42 bits per heavy atom. The van der Waals surface area contributed by atoms with E-state index >= 15 is 0 Å². The van der Waals surface area contributed by atoms with E-state index in [0.717, 1.165) is 5.46 Å². The number of anilines is 1. The SMILES string of the molecule is C[C@@H](Oc1cc(B2OC(C)(C)C(C)(C)O2)cnc1N)c1ncco1. The molecular formula is C16H22BN3O4.